The normalized spacial score (nSPS) is 11.0. The minimum Gasteiger partial charge on any atom is -0.459 e. The number of hydrogen-bond donors (Lipinski definition) is 1. The first-order chi connectivity index (χ1) is 12.3. The van der Waals surface area contributed by atoms with Gasteiger partial charge in [-0.05, 0) is 27.2 Å². The van der Waals surface area contributed by atoms with E-state index in [9.17, 15) is 9.59 Å². The molecule has 0 aliphatic carbocycles. The van der Waals surface area contributed by atoms with Gasteiger partial charge in [-0.1, -0.05) is 30.3 Å². The van der Waals surface area contributed by atoms with Crippen LogP contribution in [0.1, 0.15) is 39.3 Å². The summed E-state index contributed by atoms with van der Waals surface area (Å²) in [5, 5.41) is 5.40. The largest absolute Gasteiger partial charge is 0.459 e. The Morgan fingerprint density at radius 1 is 1.19 bits per heavy atom. The Balaban J connectivity index is 1.65. The van der Waals surface area contributed by atoms with Gasteiger partial charge >= 0.3 is 12.1 Å². The molecular formula is C19H24N2O4S. The van der Waals surface area contributed by atoms with Gasteiger partial charge in [-0.2, -0.15) is 0 Å². The Morgan fingerprint density at radius 3 is 2.62 bits per heavy atom. The van der Waals surface area contributed by atoms with Crippen LogP contribution in [0.3, 0.4) is 0 Å². The summed E-state index contributed by atoms with van der Waals surface area (Å²) in [7, 11) is 0. The maximum atomic E-state index is 11.8. The minimum absolute atomic E-state index is 0.154. The molecule has 0 aliphatic heterocycles. The molecule has 7 heteroatoms. The number of esters is 1. The second kappa shape index (κ2) is 9.33. The van der Waals surface area contributed by atoms with Gasteiger partial charge in [-0.25, -0.2) is 9.78 Å². The first kappa shape index (κ1) is 19.9. The van der Waals surface area contributed by atoms with E-state index in [0.717, 1.165) is 16.3 Å². The van der Waals surface area contributed by atoms with Crippen LogP contribution in [0, 0.1) is 0 Å². The number of thiazole rings is 1. The third-order valence-corrected chi connectivity index (χ3v) is 4.12. The van der Waals surface area contributed by atoms with E-state index in [1.54, 1.807) is 20.8 Å². The number of carbonyl (C=O) groups excluding carboxylic acids is 2. The summed E-state index contributed by atoms with van der Waals surface area (Å²) < 4.78 is 10.3. The Kier molecular flexibility index (Phi) is 7.15. The standard InChI is InChI=1S/C19H24N2O4S/c1-19(2,3)25-18(23)20-11-7-10-16(22)24-12-15-13-26-17(21-15)14-8-5-4-6-9-14/h4-6,8-9,13H,7,10-12H2,1-3H3,(H,20,23). The average molecular weight is 376 g/mol. The molecule has 26 heavy (non-hydrogen) atoms. The fourth-order valence-electron chi connectivity index (χ4n) is 2.05. The van der Waals surface area contributed by atoms with Crippen molar-refractivity contribution in [2.24, 2.45) is 0 Å². The van der Waals surface area contributed by atoms with E-state index in [-0.39, 0.29) is 19.0 Å². The maximum Gasteiger partial charge on any atom is 0.407 e. The molecule has 1 N–H and O–H groups in total. The summed E-state index contributed by atoms with van der Waals surface area (Å²) in [5.74, 6) is -0.315. The van der Waals surface area contributed by atoms with Gasteiger partial charge in [-0.15, -0.1) is 11.3 Å². The van der Waals surface area contributed by atoms with Gasteiger partial charge < -0.3 is 14.8 Å². The van der Waals surface area contributed by atoms with Crippen molar-refractivity contribution >= 4 is 23.4 Å². The molecule has 1 aromatic carbocycles. The third kappa shape index (κ3) is 7.23. The predicted molar refractivity (Wildman–Crippen MR) is 101 cm³/mol. The number of aromatic nitrogens is 1. The molecule has 0 atom stereocenters. The van der Waals surface area contributed by atoms with Crippen LogP contribution < -0.4 is 5.32 Å². The van der Waals surface area contributed by atoms with Crippen LogP contribution in [0.25, 0.3) is 10.6 Å². The highest BCUT2D eigenvalue weighted by Gasteiger charge is 2.15. The molecule has 0 unspecified atom stereocenters. The van der Waals surface area contributed by atoms with Gasteiger partial charge in [0.25, 0.3) is 0 Å². The quantitative estimate of drug-likeness (QED) is 0.580. The van der Waals surface area contributed by atoms with Crippen LogP contribution >= 0.6 is 11.3 Å². The predicted octanol–water partition coefficient (Wildman–Crippen LogP) is 4.16. The molecule has 0 aliphatic rings. The number of nitrogens with one attached hydrogen (secondary N) is 1. The Bertz CT molecular complexity index is 723. The van der Waals surface area contributed by atoms with E-state index < -0.39 is 11.7 Å². The maximum absolute atomic E-state index is 11.8. The van der Waals surface area contributed by atoms with E-state index in [1.807, 2.05) is 35.7 Å². The van der Waals surface area contributed by atoms with Crippen molar-refractivity contribution < 1.29 is 19.1 Å². The Hall–Kier alpha value is -2.41. The SMILES string of the molecule is CC(C)(C)OC(=O)NCCCC(=O)OCc1csc(-c2ccccc2)n1. The van der Waals surface area contributed by atoms with Crippen LogP contribution in [0.4, 0.5) is 4.79 Å². The lowest BCUT2D eigenvalue weighted by Gasteiger charge is -2.19. The smallest absolute Gasteiger partial charge is 0.407 e. The summed E-state index contributed by atoms with van der Waals surface area (Å²) in [6, 6.07) is 9.86. The molecular weight excluding hydrogens is 352 g/mol. The van der Waals surface area contributed by atoms with Crippen molar-refractivity contribution in [3.8, 4) is 10.6 Å². The van der Waals surface area contributed by atoms with Crippen molar-refractivity contribution in [1.29, 1.82) is 0 Å². The van der Waals surface area contributed by atoms with E-state index in [0.29, 0.717) is 13.0 Å². The zero-order valence-electron chi connectivity index (χ0n) is 15.3. The molecule has 0 bridgehead atoms. The fourth-order valence-corrected chi connectivity index (χ4v) is 2.86. The number of amides is 1. The van der Waals surface area contributed by atoms with Gasteiger partial charge in [0.1, 0.15) is 17.2 Å². The lowest BCUT2D eigenvalue weighted by Crippen LogP contribution is -2.33. The molecule has 0 spiro atoms. The zero-order chi connectivity index (χ0) is 19.0. The van der Waals surface area contributed by atoms with Crippen LogP contribution in [0.2, 0.25) is 0 Å². The monoisotopic (exact) mass is 376 g/mol. The van der Waals surface area contributed by atoms with Crippen LogP contribution in [-0.2, 0) is 20.9 Å². The third-order valence-electron chi connectivity index (χ3n) is 3.18. The number of ether oxygens (including phenoxy) is 2. The molecule has 140 valence electrons. The summed E-state index contributed by atoms with van der Waals surface area (Å²) in [6.07, 6.45) is 0.234. The zero-order valence-corrected chi connectivity index (χ0v) is 16.1. The van der Waals surface area contributed by atoms with Gasteiger partial charge in [-0.3, -0.25) is 4.79 Å². The first-order valence-corrected chi connectivity index (χ1v) is 9.34. The summed E-state index contributed by atoms with van der Waals surface area (Å²) >= 11 is 1.52. The lowest BCUT2D eigenvalue weighted by atomic mass is 10.2. The average Bonchev–Trinajstić information content (AvgIpc) is 3.05. The molecule has 0 fully saturated rings. The van der Waals surface area contributed by atoms with E-state index in [1.165, 1.54) is 11.3 Å². The van der Waals surface area contributed by atoms with E-state index in [4.69, 9.17) is 9.47 Å². The van der Waals surface area contributed by atoms with Gasteiger partial charge in [0.05, 0.1) is 5.69 Å². The second-order valence-corrected chi connectivity index (χ2v) is 7.56. The molecule has 2 rings (SSSR count). The summed E-state index contributed by atoms with van der Waals surface area (Å²) in [5.41, 5.74) is 1.24. The topological polar surface area (TPSA) is 77.5 Å². The molecule has 0 radical (unpaired) electrons. The van der Waals surface area contributed by atoms with Crippen LogP contribution in [-0.4, -0.2) is 29.2 Å². The van der Waals surface area contributed by atoms with E-state index >= 15 is 0 Å². The number of benzene rings is 1. The number of hydrogen-bond acceptors (Lipinski definition) is 6. The van der Waals surface area contributed by atoms with Crippen molar-refractivity contribution in [3.63, 3.8) is 0 Å². The summed E-state index contributed by atoms with van der Waals surface area (Å²) in [6.45, 7) is 5.91. The number of rotatable bonds is 7. The Labute approximate surface area is 157 Å². The van der Waals surface area contributed by atoms with Crippen molar-refractivity contribution in [2.45, 2.75) is 45.8 Å². The fraction of sp³-hybridized carbons (Fsp3) is 0.421. The highest BCUT2D eigenvalue weighted by Crippen LogP contribution is 2.23. The highest BCUT2D eigenvalue weighted by molar-refractivity contribution is 7.13. The molecule has 1 aromatic heterocycles. The minimum atomic E-state index is -0.533. The van der Waals surface area contributed by atoms with Gasteiger partial charge in [0.15, 0.2) is 0 Å². The molecule has 2 aromatic rings. The first-order valence-electron chi connectivity index (χ1n) is 8.46. The highest BCUT2D eigenvalue weighted by atomic mass is 32.1. The van der Waals surface area contributed by atoms with E-state index in [2.05, 4.69) is 10.3 Å². The van der Waals surface area contributed by atoms with Crippen LogP contribution in [0.5, 0.6) is 0 Å². The van der Waals surface area contributed by atoms with Gasteiger partial charge in [0.2, 0.25) is 0 Å². The Morgan fingerprint density at radius 2 is 1.92 bits per heavy atom. The number of alkyl carbamates (subject to hydrolysis) is 1. The van der Waals surface area contributed by atoms with Crippen molar-refractivity contribution in [2.75, 3.05) is 6.54 Å². The van der Waals surface area contributed by atoms with Crippen molar-refractivity contribution in [3.05, 3.63) is 41.4 Å². The molecule has 0 saturated carbocycles. The molecule has 6 nitrogen and oxygen atoms in total. The number of nitrogens with zero attached hydrogens (tertiary/aromatic N) is 1. The van der Waals surface area contributed by atoms with Gasteiger partial charge in [0, 0.05) is 23.9 Å². The number of carbonyl (C=O) groups is 2. The van der Waals surface area contributed by atoms with Crippen molar-refractivity contribution in [1.82, 2.24) is 10.3 Å². The molecule has 1 amide bonds. The van der Waals surface area contributed by atoms with Crippen LogP contribution in [0.15, 0.2) is 35.7 Å². The summed E-state index contributed by atoms with van der Waals surface area (Å²) in [4.78, 5) is 27.7. The second-order valence-electron chi connectivity index (χ2n) is 6.70. The lowest BCUT2D eigenvalue weighted by molar-refractivity contribution is -0.145. The molecule has 1 heterocycles. The molecule has 0 saturated heterocycles.